The van der Waals surface area contributed by atoms with Gasteiger partial charge in [-0.25, -0.2) is 0 Å². The number of unbranched alkanes of at least 4 members (excludes halogenated alkanes) is 1. The van der Waals surface area contributed by atoms with Gasteiger partial charge in [-0.3, -0.25) is 0 Å². The molecular formula is C9H16ClN. The smallest absolute Gasteiger partial charge is 0.0148 e. The number of H-pyrrole nitrogens is 1. The molecule has 1 aromatic heterocycles. The van der Waals surface area contributed by atoms with Gasteiger partial charge >= 0.3 is 0 Å². The third kappa shape index (κ3) is 2.98. The molecule has 1 heterocycles. The predicted molar refractivity (Wildman–Crippen MR) is 51.4 cm³/mol. The van der Waals surface area contributed by atoms with Crippen molar-refractivity contribution in [1.29, 1.82) is 0 Å². The molecule has 2 heteroatoms. The van der Waals surface area contributed by atoms with E-state index >= 15 is 0 Å². The Morgan fingerprint density at radius 2 is 2.18 bits per heavy atom. The summed E-state index contributed by atoms with van der Waals surface area (Å²) in [5, 5.41) is 0. The van der Waals surface area contributed by atoms with Crippen molar-refractivity contribution in [1.82, 2.24) is 4.98 Å². The lowest BCUT2D eigenvalue weighted by atomic mass is 10.1. The molecule has 0 fully saturated rings. The molecule has 0 aliphatic rings. The van der Waals surface area contributed by atoms with E-state index in [-0.39, 0.29) is 12.4 Å². The van der Waals surface area contributed by atoms with Crippen molar-refractivity contribution in [2.75, 3.05) is 0 Å². The first-order valence-corrected chi connectivity index (χ1v) is 3.97. The van der Waals surface area contributed by atoms with Crippen LogP contribution in [0.4, 0.5) is 0 Å². The molecule has 1 rings (SSSR count). The second-order valence-corrected chi connectivity index (χ2v) is 2.73. The number of aryl methyl sites for hydroxylation is 2. The van der Waals surface area contributed by atoms with Crippen LogP contribution in [-0.4, -0.2) is 4.98 Å². The Hall–Kier alpha value is -0.430. The Kier molecular flexibility index (Phi) is 5.05. The Morgan fingerprint density at radius 1 is 1.45 bits per heavy atom. The van der Waals surface area contributed by atoms with Crippen LogP contribution in [0.1, 0.15) is 31.0 Å². The van der Waals surface area contributed by atoms with Crippen LogP contribution in [0.5, 0.6) is 0 Å². The van der Waals surface area contributed by atoms with E-state index in [1.165, 1.54) is 30.5 Å². The van der Waals surface area contributed by atoms with Gasteiger partial charge in [0.25, 0.3) is 0 Å². The van der Waals surface area contributed by atoms with Crippen LogP contribution in [0.2, 0.25) is 0 Å². The Morgan fingerprint density at radius 3 is 2.64 bits per heavy atom. The van der Waals surface area contributed by atoms with Crippen molar-refractivity contribution in [2.45, 2.75) is 33.1 Å². The molecule has 64 valence electrons. The molecule has 0 aliphatic heterocycles. The third-order valence-corrected chi connectivity index (χ3v) is 1.87. The van der Waals surface area contributed by atoms with E-state index in [9.17, 15) is 0 Å². The molecule has 1 aromatic rings. The van der Waals surface area contributed by atoms with E-state index in [4.69, 9.17) is 0 Å². The van der Waals surface area contributed by atoms with Gasteiger partial charge < -0.3 is 4.98 Å². The maximum Gasteiger partial charge on any atom is 0.0148 e. The first-order chi connectivity index (χ1) is 4.84. The number of aromatic nitrogens is 1. The lowest BCUT2D eigenvalue weighted by molar-refractivity contribution is 0.791. The minimum absolute atomic E-state index is 0. The summed E-state index contributed by atoms with van der Waals surface area (Å²) in [6.07, 6.45) is 5.83. The molecule has 0 atom stereocenters. The standard InChI is InChI=1S/C9H15N.ClH/c1-3-4-5-9-6-7-10-8(9)2;/h6-7,10H,3-5H2,1-2H3;1H. The summed E-state index contributed by atoms with van der Waals surface area (Å²) in [4.78, 5) is 3.18. The summed E-state index contributed by atoms with van der Waals surface area (Å²) in [5.74, 6) is 0. The number of nitrogens with one attached hydrogen (secondary N) is 1. The highest BCUT2D eigenvalue weighted by Crippen LogP contribution is 2.08. The van der Waals surface area contributed by atoms with Crippen LogP contribution in [0.25, 0.3) is 0 Å². The van der Waals surface area contributed by atoms with Crippen LogP contribution in [0.3, 0.4) is 0 Å². The summed E-state index contributed by atoms with van der Waals surface area (Å²) in [5.41, 5.74) is 2.80. The predicted octanol–water partition coefficient (Wildman–Crippen LogP) is 3.09. The van der Waals surface area contributed by atoms with Crippen molar-refractivity contribution in [3.05, 3.63) is 23.5 Å². The molecule has 0 unspecified atom stereocenters. The topological polar surface area (TPSA) is 15.8 Å². The van der Waals surface area contributed by atoms with Crippen LogP contribution in [-0.2, 0) is 6.42 Å². The van der Waals surface area contributed by atoms with Crippen LogP contribution < -0.4 is 0 Å². The largest absolute Gasteiger partial charge is 0.365 e. The summed E-state index contributed by atoms with van der Waals surface area (Å²) in [7, 11) is 0. The maximum atomic E-state index is 3.18. The van der Waals surface area contributed by atoms with Gasteiger partial charge in [0, 0.05) is 11.9 Å². The molecule has 1 nitrogen and oxygen atoms in total. The number of hydrogen-bond acceptors (Lipinski definition) is 0. The molecule has 0 amide bonds. The van der Waals surface area contributed by atoms with Gasteiger partial charge in [0.2, 0.25) is 0 Å². The highest BCUT2D eigenvalue weighted by atomic mass is 35.5. The molecule has 11 heavy (non-hydrogen) atoms. The van der Waals surface area contributed by atoms with Gasteiger partial charge in [0.05, 0.1) is 0 Å². The fraction of sp³-hybridized carbons (Fsp3) is 0.556. The summed E-state index contributed by atoms with van der Waals surface area (Å²) >= 11 is 0. The number of hydrogen-bond donors (Lipinski definition) is 1. The zero-order chi connectivity index (χ0) is 7.40. The van der Waals surface area contributed by atoms with E-state index < -0.39 is 0 Å². The summed E-state index contributed by atoms with van der Waals surface area (Å²) in [6, 6.07) is 2.17. The third-order valence-electron chi connectivity index (χ3n) is 1.87. The van der Waals surface area contributed by atoms with Gasteiger partial charge in [-0.15, -0.1) is 12.4 Å². The molecule has 0 radical (unpaired) electrons. The summed E-state index contributed by atoms with van der Waals surface area (Å²) in [6.45, 7) is 4.35. The van der Waals surface area contributed by atoms with Gasteiger partial charge in [-0.2, -0.15) is 0 Å². The van der Waals surface area contributed by atoms with E-state index in [2.05, 4.69) is 24.9 Å². The molecule has 0 aliphatic carbocycles. The fourth-order valence-electron chi connectivity index (χ4n) is 1.12. The number of halogens is 1. The van der Waals surface area contributed by atoms with Gasteiger partial charge in [0.1, 0.15) is 0 Å². The zero-order valence-corrected chi connectivity index (χ0v) is 8.00. The molecule has 1 N–H and O–H groups in total. The summed E-state index contributed by atoms with van der Waals surface area (Å²) < 4.78 is 0. The van der Waals surface area contributed by atoms with Crippen molar-refractivity contribution in [2.24, 2.45) is 0 Å². The van der Waals surface area contributed by atoms with Crippen LogP contribution >= 0.6 is 12.4 Å². The zero-order valence-electron chi connectivity index (χ0n) is 7.18. The Bertz CT molecular complexity index is 193. The average molecular weight is 174 g/mol. The van der Waals surface area contributed by atoms with Crippen LogP contribution in [0.15, 0.2) is 12.3 Å². The van der Waals surface area contributed by atoms with Crippen molar-refractivity contribution in [3.63, 3.8) is 0 Å². The average Bonchev–Trinajstić information content (AvgIpc) is 2.31. The first kappa shape index (κ1) is 10.6. The number of rotatable bonds is 3. The second-order valence-electron chi connectivity index (χ2n) is 2.73. The van der Waals surface area contributed by atoms with Gasteiger partial charge in [-0.1, -0.05) is 13.3 Å². The minimum atomic E-state index is 0. The van der Waals surface area contributed by atoms with Crippen LogP contribution in [0, 0.1) is 6.92 Å². The van der Waals surface area contributed by atoms with Crippen molar-refractivity contribution >= 4 is 12.4 Å². The molecule has 0 spiro atoms. The minimum Gasteiger partial charge on any atom is -0.365 e. The molecule has 0 saturated heterocycles. The molecule has 0 aromatic carbocycles. The normalized spacial score (nSPS) is 9.27. The van der Waals surface area contributed by atoms with Gasteiger partial charge in [0.15, 0.2) is 0 Å². The monoisotopic (exact) mass is 173 g/mol. The molecule has 0 bridgehead atoms. The highest BCUT2D eigenvalue weighted by molar-refractivity contribution is 5.85. The Balaban J connectivity index is 0.000001000. The lowest BCUT2D eigenvalue weighted by Crippen LogP contribution is -1.84. The fourth-order valence-corrected chi connectivity index (χ4v) is 1.12. The SMILES string of the molecule is CCCCc1cc[nH]c1C.Cl. The first-order valence-electron chi connectivity index (χ1n) is 3.97. The van der Waals surface area contributed by atoms with Gasteiger partial charge in [-0.05, 0) is 31.4 Å². The highest BCUT2D eigenvalue weighted by Gasteiger charge is 1.95. The number of aromatic amines is 1. The quantitative estimate of drug-likeness (QED) is 0.723. The second kappa shape index (κ2) is 5.25. The van der Waals surface area contributed by atoms with E-state index in [1.807, 2.05) is 6.20 Å². The Labute approximate surface area is 74.6 Å². The molecule has 0 saturated carbocycles. The van der Waals surface area contributed by atoms with Crippen molar-refractivity contribution < 1.29 is 0 Å². The van der Waals surface area contributed by atoms with Crippen molar-refractivity contribution in [3.8, 4) is 0 Å². The van der Waals surface area contributed by atoms with E-state index in [0.717, 1.165) is 0 Å². The maximum absolute atomic E-state index is 3.18. The van der Waals surface area contributed by atoms with E-state index in [0.29, 0.717) is 0 Å². The lowest BCUT2D eigenvalue weighted by Gasteiger charge is -1.95. The molecular weight excluding hydrogens is 158 g/mol. The van der Waals surface area contributed by atoms with E-state index in [1.54, 1.807) is 0 Å².